The van der Waals surface area contributed by atoms with E-state index in [0.717, 1.165) is 27.5 Å². The van der Waals surface area contributed by atoms with E-state index in [-0.39, 0.29) is 12.5 Å². The average Bonchev–Trinajstić information content (AvgIpc) is 3.28. The van der Waals surface area contributed by atoms with Gasteiger partial charge in [0.25, 0.3) is 11.8 Å². The molecule has 1 heterocycles. The highest BCUT2D eigenvalue weighted by molar-refractivity contribution is 6.20. The standard InChI is InChI=1S/C30H24FN3O4/c1-3-38-30(37)18-9-12-22-25(15-18)33-27-23(28(32)35)14-13-21(26(22)27)20-5-4-6-24(16(20)2)34-29(36)17-7-10-19(31)11-8-17/h4-15,33H,3H2,1-2H3,(H2,32,35)(H,34,36). The molecule has 0 bridgehead atoms. The van der Waals surface area contributed by atoms with Crippen molar-refractivity contribution in [3.05, 3.63) is 101 Å². The molecule has 190 valence electrons. The van der Waals surface area contributed by atoms with Crippen molar-refractivity contribution in [3.8, 4) is 11.1 Å². The molecule has 0 radical (unpaired) electrons. The van der Waals surface area contributed by atoms with Gasteiger partial charge in [-0.05, 0) is 79.1 Å². The monoisotopic (exact) mass is 509 g/mol. The Balaban J connectivity index is 1.65. The van der Waals surface area contributed by atoms with Crippen molar-refractivity contribution in [1.29, 1.82) is 0 Å². The molecule has 0 saturated carbocycles. The van der Waals surface area contributed by atoms with E-state index in [9.17, 15) is 18.8 Å². The van der Waals surface area contributed by atoms with E-state index >= 15 is 0 Å². The highest BCUT2D eigenvalue weighted by atomic mass is 19.1. The third-order valence-corrected chi connectivity index (χ3v) is 6.51. The van der Waals surface area contributed by atoms with Crippen LogP contribution in [0.15, 0.2) is 72.8 Å². The zero-order valence-electron chi connectivity index (χ0n) is 20.7. The van der Waals surface area contributed by atoms with Gasteiger partial charge in [-0.25, -0.2) is 9.18 Å². The number of H-pyrrole nitrogens is 1. The lowest BCUT2D eigenvalue weighted by Gasteiger charge is -2.15. The van der Waals surface area contributed by atoms with E-state index in [1.54, 1.807) is 31.2 Å². The van der Waals surface area contributed by atoms with Crippen LogP contribution < -0.4 is 11.1 Å². The Labute approximate surface area is 217 Å². The number of nitrogens with one attached hydrogen (secondary N) is 2. The van der Waals surface area contributed by atoms with Crippen LogP contribution >= 0.6 is 0 Å². The Morgan fingerprint density at radius 1 is 0.947 bits per heavy atom. The Kier molecular flexibility index (Phi) is 6.38. The van der Waals surface area contributed by atoms with Crippen molar-refractivity contribution in [3.63, 3.8) is 0 Å². The van der Waals surface area contributed by atoms with Crippen molar-refractivity contribution in [2.45, 2.75) is 13.8 Å². The lowest BCUT2D eigenvalue weighted by molar-refractivity contribution is 0.0526. The highest BCUT2D eigenvalue weighted by Gasteiger charge is 2.20. The van der Waals surface area contributed by atoms with E-state index in [0.29, 0.717) is 33.4 Å². The number of amides is 2. The number of benzene rings is 4. The first-order valence-corrected chi connectivity index (χ1v) is 12.0. The summed E-state index contributed by atoms with van der Waals surface area (Å²) >= 11 is 0. The predicted molar refractivity (Wildman–Crippen MR) is 145 cm³/mol. The predicted octanol–water partition coefficient (Wildman–Crippen LogP) is 5.96. The number of aromatic nitrogens is 1. The van der Waals surface area contributed by atoms with Crippen LogP contribution in [0.25, 0.3) is 32.9 Å². The molecule has 2 amide bonds. The molecule has 0 aliphatic rings. The molecule has 0 fully saturated rings. The summed E-state index contributed by atoms with van der Waals surface area (Å²) in [6, 6.07) is 19.5. The number of fused-ring (bicyclic) bond motifs is 3. The molecule has 0 unspecified atom stereocenters. The molecular weight excluding hydrogens is 485 g/mol. The average molecular weight is 510 g/mol. The van der Waals surface area contributed by atoms with E-state index < -0.39 is 17.7 Å². The molecule has 7 nitrogen and oxygen atoms in total. The minimum absolute atomic E-state index is 0.257. The first-order valence-electron chi connectivity index (χ1n) is 12.0. The molecule has 5 aromatic rings. The minimum atomic E-state index is -0.587. The molecule has 8 heteroatoms. The molecule has 1 aromatic heterocycles. The molecule has 4 N–H and O–H groups in total. The summed E-state index contributed by atoms with van der Waals surface area (Å²) in [4.78, 5) is 40.6. The molecule has 0 aliphatic heterocycles. The third kappa shape index (κ3) is 4.37. The second kappa shape index (κ2) is 9.82. The molecule has 5 rings (SSSR count). The first-order chi connectivity index (χ1) is 18.3. The second-order valence-corrected chi connectivity index (χ2v) is 8.82. The molecule has 38 heavy (non-hydrogen) atoms. The fraction of sp³-hybridized carbons (Fsp3) is 0.100. The SMILES string of the molecule is CCOC(=O)c1ccc2c(c1)[nH]c1c(C(N)=O)ccc(-c3cccc(NC(=O)c4ccc(F)cc4)c3C)c12. The largest absolute Gasteiger partial charge is 0.462 e. The summed E-state index contributed by atoms with van der Waals surface area (Å²) in [6.07, 6.45) is 0. The fourth-order valence-electron chi connectivity index (χ4n) is 4.64. The van der Waals surface area contributed by atoms with Gasteiger partial charge in [-0.1, -0.05) is 24.3 Å². The van der Waals surface area contributed by atoms with Gasteiger partial charge < -0.3 is 20.8 Å². The molecular formula is C30H24FN3O4. The maximum Gasteiger partial charge on any atom is 0.338 e. The quantitative estimate of drug-likeness (QED) is 0.245. The molecule has 4 aromatic carbocycles. The third-order valence-electron chi connectivity index (χ3n) is 6.51. The summed E-state index contributed by atoms with van der Waals surface area (Å²) in [5.74, 6) is -1.81. The minimum Gasteiger partial charge on any atom is -0.462 e. The Morgan fingerprint density at radius 3 is 2.39 bits per heavy atom. The number of esters is 1. The number of hydrogen-bond donors (Lipinski definition) is 3. The van der Waals surface area contributed by atoms with Gasteiger partial charge in [-0.2, -0.15) is 0 Å². The van der Waals surface area contributed by atoms with Crippen LogP contribution in [-0.2, 0) is 4.74 Å². The van der Waals surface area contributed by atoms with E-state index in [1.165, 1.54) is 24.3 Å². The summed E-state index contributed by atoms with van der Waals surface area (Å²) in [6.45, 7) is 3.88. The Hall–Kier alpha value is -4.98. The molecule has 0 atom stereocenters. The summed E-state index contributed by atoms with van der Waals surface area (Å²) in [7, 11) is 0. The number of primary amides is 1. The number of anilines is 1. The first kappa shape index (κ1) is 24.7. The topological polar surface area (TPSA) is 114 Å². The van der Waals surface area contributed by atoms with Crippen molar-refractivity contribution in [1.82, 2.24) is 4.98 Å². The van der Waals surface area contributed by atoms with Crippen LogP contribution in [0.1, 0.15) is 43.6 Å². The van der Waals surface area contributed by atoms with Crippen molar-refractivity contribution in [2.24, 2.45) is 5.73 Å². The van der Waals surface area contributed by atoms with Crippen LogP contribution in [0, 0.1) is 12.7 Å². The van der Waals surface area contributed by atoms with Gasteiger partial charge in [0.05, 0.1) is 23.3 Å². The number of hydrogen-bond acceptors (Lipinski definition) is 4. The van der Waals surface area contributed by atoms with Gasteiger partial charge in [-0.15, -0.1) is 0 Å². The number of ether oxygens (including phenoxy) is 1. The van der Waals surface area contributed by atoms with E-state index in [1.807, 2.05) is 31.2 Å². The van der Waals surface area contributed by atoms with Crippen molar-refractivity contribution >= 4 is 45.3 Å². The number of halogens is 1. The number of aromatic amines is 1. The normalized spacial score (nSPS) is 11.0. The summed E-state index contributed by atoms with van der Waals surface area (Å²) < 4.78 is 18.4. The summed E-state index contributed by atoms with van der Waals surface area (Å²) in [5.41, 5.74) is 10.9. The lowest BCUT2D eigenvalue weighted by atomic mass is 9.93. The van der Waals surface area contributed by atoms with Gasteiger partial charge >= 0.3 is 5.97 Å². The van der Waals surface area contributed by atoms with Crippen LogP contribution in [-0.4, -0.2) is 29.4 Å². The zero-order valence-corrected chi connectivity index (χ0v) is 20.7. The van der Waals surface area contributed by atoms with E-state index in [2.05, 4.69) is 10.3 Å². The van der Waals surface area contributed by atoms with Crippen molar-refractivity contribution in [2.75, 3.05) is 11.9 Å². The van der Waals surface area contributed by atoms with E-state index in [4.69, 9.17) is 10.5 Å². The maximum absolute atomic E-state index is 13.3. The van der Waals surface area contributed by atoms with Crippen molar-refractivity contribution < 1.29 is 23.5 Å². The van der Waals surface area contributed by atoms with Crippen LogP contribution in [0.3, 0.4) is 0 Å². The van der Waals surface area contributed by atoms with Crippen LogP contribution in [0.5, 0.6) is 0 Å². The molecule has 0 spiro atoms. The van der Waals surface area contributed by atoms with Gasteiger partial charge in [-0.3, -0.25) is 9.59 Å². The van der Waals surface area contributed by atoms with Gasteiger partial charge in [0.2, 0.25) is 0 Å². The number of rotatable bonds is 6. The number of nitrogens with two attached hydrogens (primary N) is 1. The summed E-state index contributed by atoms with van der Waals surface area (Å²) in [5, 5.41) is 4.46. The van der Waals surface area contributed by atoms with Gasteiger partial charge in [0.1, 0.15) is 5.82 Å². The molecule has 0 aliphatic carbocycles. The fourth-order valence-corrected chi connectivity index (χ4v) is 4.64. The Bertz CT molecular complexity index is 1740. The van der Waals surface area contributed by atoms with Gasteiger partial charge in [0, 0.05) is 27.5 Å². The van der Waals surface area contributed by atoms with Crippen LogP contribution in [0.2, 0.25) is 0 Å². The smallest absolute Gasteiger partial charge is 0.338 e. The number of carbonyl (C=O) groups excluding carboxylic acids is 3. The lowest BCUT2D eigenvalue weighted by Crippen LogP contribution is -2.13. The van der Waals surface area contributed by atoms with Crippen LogP contribution in [0.4, 0.5) is 10.1 Å². The number of carbonyl (C=O) groups is 3. The van der Waals surface area contributed by atoms with Gasteiger partial charge in [0.15, 0.2) is 0 Å². The molecule has 0 saturated heterocycles. The highest BCUT2D eigenvalue weighted by Crippen LogP contribution is 2.39. The second-order valence-electron chi connectivity index (χ2n) is 8.82. The Morgan fingerprint density at radius 2 is 1.68 bits per heavy atom. The zero-order chi connectivity index (χ0) is 27.0. The maximum atomic E-state index is 13.3.